The SMILES string of the molecule is N#C/C(=N\O)C1=NNC2(O1)C(=O)Nc1ccccc12. The molecule has 2 aliphatic rings. The van der Waals surface area contributed by atoms with Gasteiger partial charge in [0.1, 0.15) is 6.07 Å². The number of oxime groups is 1. The summed E-state index contributed by atoms with van der Waals surface area (Å²) in [5, 5.41) is 26.5. The Bertz CT molecular complexity index is 675. The largest absolute Gasteiger partial charge is 0.432 e. The Morgan fingerprint density at radius 1 is 1.53 bits per heavy atom. The van der Waals surface area contributed by atoms with Crippen molar-refractivity contribution >= 4 is 23.2 Å². The molecule has 0 fully saturated rings. The molecule has 1 amide bonds. The summed E-state index contributed by atoms with van der Waals surface area (Å²) in [6.45, 7) is 0. The average molecular weight is 257 g/mol. The second-order valence-electron chi connectivity index (χ2n) is 3.87. The van der Waals surface area contributed by atoms with Crippen LogP contribution < -0.4 is 10.7 Å². The van der Waals surface area contributed by atoms with Crippen molar-refractivity contribution in [2.75, 3.05) is 5.32 Å². The number of carbonyl (C=O) groups excluding carboxylic acids is 1. The van der Waals surface area contributed by atoms with E-state index in [-0.39, 0.29) is 5.90 Å². The Morgan fingerprint density at radius 3 is 3.05 bits per heavy atom. The van der Waals surface area contributed by atoms with Gasteiger partial charge in [-0.05, 0) is 6.07 Å². The molecule has 8 nitrogen and oxygen atoms in total. The zero-order valence-electron chi connectivity index (χ0n) is 9.41. The molecule has 3 N–H and O–H groups in total. The van der Waals surface area contributed by atoms with Crippen molar-refractivity contribution in [1.82, 2.24) is 5.43 Å². The lowest BCUT2D eigenvalue weighted by Gasteiger charge is -2.20. The number of nitrogens with zero attached hydrogens (tertiary/aromatic N) is 3. The van der Waals surface area contributed by atoms with E-state index in [2.05, 4.69) is 21.0 Å². The van der Waals surface area contributed by atoms with Gasteiger partial charge in [0.15, 0.2) is 0 Å². The molecule has 0 aliphatic carbocycles. The van der Waals surface area contributed by atoms with E-state index < -0.39 is 17.3 Å². The zero-order valence-corrected chi connectivity index (χ0v) is 9.41. The molecule has 0 bridgehead atoms. The van der Waals surface area contributed by atoms with Gasteiger partial charge in [-0.15, -0.1) is 5.10 Å². The lowest BCUT2D eigenvalue weighted by atomic mass is 10.1. The van der Waals surface area contributed by atoms with Crippen LogP contribution in [0.15, 0.2) is 34.5 Å². The molecule has 94 valence electrons. The predicted molar refractivity (Wildman–Crippen MR) is 63.2 cm³/mol. The van der Waals surface area contributed by atoms with Gasteiger partial charge >= 0.3 is 5.72 Å². The zero-order chi connectivity index (χ0) is 13.5. The minimum absolute atomic E-state index is 0.239. The Morgan fingerprint density at radius 2 is 2.32 bits per heavy atom. The molecule has 1 atom stereocenters. The monoisotopic (exact) mass is 257 g/mol. The summed E-state index contributed by atoms with van der Waals surface area (Å²) >= 11 is 0. The molecule has 1 unspecified atom stereocenters. The van der Waals surface area contributed by atoms with Gasteiger partial charge in [0.2, 0.25) is 5.71 Å². The first-order valence-corrected chi connectivity index (χ1v) is 5.28. The molecular weight excluding hydrogens is 250 g/mol. The fraction of sp³-hybridized carbons (Fsp3) is 0.0909. The molecule has 0 aromatic heterocycles. The number of amides is 1. The van der Waals surface area contributed by atoms with Gasteiger partial charge in [-0.2, -0.15) is 5.26 Å². The first kappa shape index (κ1) is 11.0. The second kappa shape index (κ2) is 3.71. The number of hydrazone groups is 1. The fourth-order valence-electron chi connectivity index (χ4n) is 1.98. The van der Waals surface area contributed by atoms with Crippen molar-refractivity contribution in [3.05, 3.63) is 29.8 Å². The smallest absolute Gasteiger partial charge is 0.305 e. The highest BCUT2D eigenvalue weighted by Crippen LogP contribution is 2.38. The lowest BCUT2D eigenvalue weighted by molar-refractivity contribution is -0.132. The Kier molecular flexibility index (Phi) is 2.15. The molecular formula is C11H7N5O3. The Balaban J connectivity index is 2.01. The van der Waals surface area contributed by atoms with Crippen LogP contribution in [0.25, 0.3) is 0 Å². The molecule has 1 aromatic carbocycles. The summed E-state index contributed by atoms with van der Waals surface area (Å²) in [5.74, 6) is -0.695. The number of nitriles is 1. The third-order valence-corrected chi connectivity index (χ3v) is 2.85. The maximum absolute atomic E-state index is 12.0. The molecule has 1 aromatic rings. The van der Waals surface area contributed by atoms with Crippen LogP contribution in [0.1, 0.15) is 5.56 Å². The molecule has 2 heterocycles. The van der Waals surface area contributed by atoms with Gasteiger partial charge in [-0.25, -0.2) is 0 Å². The lowest BCUT2D eigenvalue weighted by Crippen LogP contribution is -2.45. The highest BCUT2D eigenvalue weighted by Gasteiger charge is 2.54. The highest BCUT2D eigenvalue weighted by molar-refractivity contribution is 6.45. The molecule has 8 heteroatoms. The summed E-state index contributed by atoms with van der Waals surface area (Å²) in [7, 11) is 0. The van der Waals surface area contributed by atoms with E-state index in [0.29, 0.717) is 11.3 Å². The number of nitrogens with one attached hydrogen (secondary N) is 2. The maximum Gasteiger partial charge on any atom is 0.305 e. The minimum Gasteiger partial charge on any atom is -0.432 e. The number of hydrogen-bond acceptors (Lipinski definition) is 7. The van der Waals surface area contributed by atoms with E-state index in [1.807, 2.05) is 0 Å². The Hall–Kier alpha value is -3.08. The number of fused-ring (bicyclic) bond motifs is 2. The summed E-state index contributed by atoms with van der Waals surface area (Å²) < 4.78 is 5.41. The number of rotatable bonds is 1. The van der Waals surface area contributed by atoms with Crippen molar-refractivity contribution in [3.8, 4) is 6.07 Å². The number of anilines is 1. The van der Waals surface area contributed by atoms with Crippen LogP contribution in [0.5, 0.6) is 0 Å². The van der Waals surface area contributed by atoms with Crippen LogP contribution in [-0.4, -0.2) is 22.7 Å². The summed E-state index contributed by atoms with van der Waals surface area (Å²) in [6.07, 6.45) is 0. The molecule has 0 radical (unpaired) electrons. The summed E-state index contributed by atoms with van der Waals surface area (Å²) in [6, 6.07) is 8.54. The minimum atomic E-state index is -1.52. The summed E-state index contributed by atoms with van der Waals surface area (Å²) in [5.41, 5.74) is 1.76. The third-order valence-electron chi connectivity index (χ3n) is 2.85. The number of benzene rings is 1. The molecule has 2 aliphatic heterocycles. The van der Waals surface area contributed by atoms with Crippen molar-refractivity contribution in [3.63, 3.8) is 0 Å². The average Bonchev–Trinajstić information content (AvgIpc) is 2.97. The van der Waals surface area contributed by atoms with E-state index >= 15 is 0 Å². The third kappa shape index (κ3) is 1.35. The van der Waals surface area contributed by atoms with E-state index in [4.69, 9.17) is 15.2 Å². The van der Waals surface area contributed by atoms with Gasteiger partial charge in [0.25, 0.3) is 11.8 Å². The second-order valence-corrected chi connectivity index (χ2v) is 3.87. The first-order chi connectivity index (χ1) is 9.21. The van der Waals surface area contributed by atoms with Crippen LogP contribution in [0.4, 0.5) is 5.69 Å². The number of para-hydroxylation sites is 1. The molecule has 3 rings (SSSR count). The quantitative estimate of drug-likeness (QED) is 0.374. The van der Waals surface area contributed by atoms with Gasteiger partial charge in [-0.3, -0.25) is 10.2 Å². The van der Waals surface area contributed by atoms with E-state index in [1.165, 1.54) is 0 Å². The summed E-state index contributed by atoms with van der Waals surface area (Å²) in [4.78, 5) is 12.0. The van der Waals surface area contributed by atoms with Crippen molar-refractivity contribution in [2.45, 2.75) is 5.72 Å². The highest BCUT2D eigenvalue weighted by atomic mass is 16.6. The van der Waals surface area contributed by atoms with E-state index in [0.717, 1.165) is 0 Å². The van der Waals surface area contributed by atoms with Gasteiger partial charge in [0, 0.05) is 0 Å². The maximum atomic E-state index is 12.0. The van der Waals surface area contributed by atoms with Crippen LogP contribution in [0.2, 0.25) is 0 Å². The topological polar surface area (TPSA) is 119 Å². The van der Waals surface area contributed by atoms with E-state index in [9.17, 15) is 4.79 Å². The number of hydrogen-bond donors (Lipinski definition) is 3. The van der Waals surface area contributed by atoms with Crippen molar-refractivity contribution in [1.29, 1.82) is 5.26 Å². The van der Waals surface area contributed by atoms with Crippen molar-refractivity contribution < 1.29 is 14.7 Å². The van der Waals surface area contributed by atoms with Crippen LogP contribution in [0.3, 0.4) is 0 Å². The Labute approximate surface area is 107 Å². The molecule has 19 heavy (non-hydrogen) atoms. The van der Waals surface area contributed by atoms with Gasteiger partial charge in [0.05, 0.1) is 11.3 Å². The van der Waals surface area contributed by atoms with Crippen molar-refractivity contribution in [2.24, 2.45) is 10.3 Å². The molecule has 0 saturated carbocycles. The predicted octanol–water partition coefficient (Wildman–Crippen LogP) is 0.0786. The number of ether oxygens (including phenoxy) is 1. The molecule has 0 saturated heterocycles. The van der Waals surface area contributed by atoms with Crippen LogP contribution >= 0.6 is 0 Å². The first-order valence-electron chi connectivity index (χ1n) is 5.28. The van der Waals surface area contributed by atoms with E-state index in [1.54, 1.807) is 30.3 Å². The normalized spacial score (nSPS) is 24.1. The number of carbonyl (C=O) groups is 1. The van der Waals surface area contributed by atoms with Gasteiger partial charge in [-0.1, -0.05) is 23.4 Å². The van der Waals surface area contributed by atoms with Crippen LogP contribution in [0, 0.1) is 11.3 Å². The van der Waals surface area contributed by atoms with Gasteiger partial charge < -0.3 is 15.3 Å². The fourth-order valence-corrected chi connectivity index (χ4v) is 1.98. The molecule has 1 spiro atoms. The van der Waals surface area contributed by atoms with Crippen LogP contribution in [-0.2, 0) is 15.3 Å². The standard InChI is InChI=1S/C11H7N5O3/c12-5-8(15-18)9-14-16-11(19-9)6-3-1-2-4-7(6)13-10(11)17/h1-4,16,18H,(H,13,17)/b15-8+.